The van der Waals surface area contributed by atoms with Gasteiger partial charge in [-0.05, 0) is 25.7 Å². The molecule has 0 aromatic rings. The Labute approximate surface area is 78.6 Å². The van der Waals surface area contributed by atoms with E-state index in [4.69, 9.17) is 0 Å². The van der Waals surface area contributed by atoms with Crippen molar-refractivity contribution in [1.82, 2.24) is 0 Å². The zero-order valence-electron chi connectivity index (χ0n) is 7.64. The van der Waals surface area contributed by atoms with Gasteiger partial charge in [0, 0.05) is 11.3 Å². The lowest BCUT2D eigenvalue weighted by atomic mass is 10.3. The van der Waals surface area contributed by atoms with Crippen molar-refractivity contribution in [3.63, 3.8) is 0 Å². The van der Waals surface area contributed by atoms with Gasteiger partial charge in [0.2, 0.25) is 5.12 Å². The van der Waals surface area contributed by atoms with E-state index in [-0.39, 0.29) is 0 Å². The predicted molar refractivity (Wildman–Crippen MR) is 54.3 cm³/mol. The third-order valence-corrected chi connectivity index (χ3v) is 3.05. The first-order valence-corrected chi connectivity index (χ1v) is 5.69. The number of carbonyl (C=O) groups is 1. The van der Waals surface area contributed by atoms with Gasteiger partial charge in [-0.3, -0.25) is 4.79 Å². The fourth-order valence-corrected chi connectivity index (χ4v) is 2.25. The normalized spacial score (nSPS) is 16.2. The van der Waals surface area contributed by atoms with Gasteiger partial charge in [0.05, 0.1) is 0 Å². The summed E-state index contributed by atoms with van der Waals surface area (Å²) in [4.78, 5) is 11.4. The number of hydrogen-bond donors (Lipinski definition) is 0. The van der Waals surface area contributed by atoms with E-state index in [9.17, 15) is 4.79 Å². The van der Waals surface area contributed by atoms with Crippen LogP contribution in [0.1, 0.15) is 39.0 Å². The molecular formula is C10H16OS. The molecule has 2 heteroatoms. The Morgan fingerprint density at radius 2 is 2.50 bits per heavy atom. The van der Waals surface area contributed by atoms with Crippen molar-refractivity contribution in [3.05, 3.63) is 11.6 Å². The largest absolute Gasteiger partial charge is 0.282 e. The summed E-state index contributed by atoms with van der Waals surface area (Å²) in [6, 6.07) is 0. The summed E-state index contributed by atoms with van der Waals surface area (Å²) in [6.45, 7) is 2.15. The summed E-state index contributed by atoms with van der Waals surface area (Å²) < 4.78 is 0. The summed E-state index contributed by atoms with van der Waals surface area (Å²) >= 11 is 1.49. The number of carbonyl (C=O) groups excluding carboxylic acids is 1. The molecule has 0 saturated carbocycles. The van der Waals surface area contributed by atoms with E-state index < -0.39 is 0 Å². The van der Waals surface area contributed by atoms with Gasteiger partial charge < -0.3 is 0 Å². The molecule has 0 heterocycles. The van der Waals surface area contributed by atoms with Gasteiger partial charge >= 0.3 is 0 Å². The number of unbranched alkanes of at least 4 members (excludes halogenated alkanes) is 1. The minimum atomic E-state index is 0.320. The summed E-state index contributed by atoms with van der Waals surface area (Å²) in [5.74, 6) is 0.993. The van der Waals surface area contributed by atoms with Crippen molar-refractivity contribution in [3.8, 4) is 0 Å². The van der Waals surface area contributed by atoms with Crippen LogP contribution in [0.15, 0.2) is 11.6 Å². The van der Waals surface area contributed by atoms with Gasteiger partial charge in [0.25, 0.3) is 0 Å². The summed E-state index contributed by atoms with van der Waals surface area (Å²) in [5, 5.41) is 0.320. The van der Waals surface area contributed by atoms with E-state index in [1.165, 1.54) is 24.6 Å². The van der Waals surface area contributed by atoms with Gasteiger partial charge in [-0.1, -0.05) is 31.2 Å². The Balaban J connectivity index is 2.19. The first-order valence-electron chi connectivity index (χ1n) is 4.70. The molecular weight excluding hydrogens is 168 g/mol. The molecule has 1 nitrogen and oxygen atoms in total. The molecule has 1 aliphatic carbocycles. The monoisotopic (exact) mass is 184 g/mol. The quantitative estimate of drug-likeness (QED) is 0.624. The Morgan fingerprint density at radius 3 is 3.08 bits per heavy atom. The first kappa shape index (κ1) is 9.85. The molecule has 0 saturated heterocycles. The lowest BCUT2D eigenvalue weighted by molar-refractivity contribution is -0.107. The van der Waals surface area contributed by atoms with Crippen LogP contribution in [0.4, 0.5) is 0 Å². The second kappa shape index (κ2) is 5.41. The highest BCUT2D eigenvalue weighted by molar-refractivity contribution is 8.14. The summed E-state index contributed by atoms with van der Waals surface area (Å²) in [7, 11) is 0. The molecule has 0 bridgehead atoms. The zero-order chi connectivity index (χ0) is 8.81. The maximum atomic E-state index is 11.4. The highest BCUT2D eigenvalue weighted by Crippen LogP contribution is 2.23. The number of thioether (sulfide) groups is 1. The molecule has 0 aromatic carbocycles. The van der Waals surface area contributed by atoms with Crippen molar-refractivity contribution in [2.75, 3.05) is 5.75 Å². The lowest BCUT2D eigenvalue weighted by Crippen LogP contribution is -1.95. The SMILES string of the molecule is CCCCSC(=O)C1=CCCC1. The summed E-state index contributed by atoms with van der Waals surface area (Å²) in [6.07, 6.45) is 7.73. The van der Waals surface area contributed by atoms with Crippen LogP contribution in [-0.2, 0) is 4.79 Å². The van der Waals surface area contributed by atoms with Crippen LogP contribution in [0.2, 0.25) is 0 Å². The van der Waals surface area contributed by atoms with Gasteiger partial charge in [-0.25, -0.2) is 0 Å². The fraction of sp³-hybridized carbons (Fsp3) is 0.700. The van der Waals surface area contributed by atoms with E-state index >= 15 is 0 Å². The Bertz CT molecular complexity index is 184. The van der Waals surface area contributed by atoms with Crippen LogP contribution in [-0.4, -0.2) is 10.9 Å². The maximum absolute atomic E-state index is 11.4. The third-order valence-electron chi connectivity index (χ3n) is 2.03. The third kappa shape index (κ3) is 3.02. The molecule has 0 fully saturated rings. The highest BCUT2D eigenvalue weighted by Gasteiger charge is 2.12. The number of rotatable bonds is 4. The molecule has 1 aliphatic rings. The van der Waals surface area contributed by atoms with Crippen molar-refractivity contribution >= 4 is 16.9 Å². The number of allylic oxidation sites excluding steroid dienone is 1. The van der Waals surface area contributed by atoms with E-state index in [1.54, 1.807) is 0 Å². The maximum Gasteiger partial charge on any atom is 0.215 e. The Morgan fingerprint density at radius 1 is 1.67 bits per heavy atom. The van der Waals surface area contributed by atoms with Crippen molar-refractivity contribution in [2.24, 2.45) is 0 Å². The second-order valence-corrected chi connectivity index (χ2v) is 4.18. The molecule has 0 radical (unpaired) electrons. The second-order valence-electron chi connectivity index (χ2n) is 3.11. The van der Waals surface area contributed by atoms with E-state index in [1.807, 2.05) is 0 Å². The molecule has 0 amide bonds. The minimum absolute atomic E-state index is 0.320. The van der Waals surface area contributed by atoms with Crippen LogP contribution in [0, 0.1) is 0 Å². The minimum Gasteiger partial charge on any atom is -0.282 e. The van der Waals surface area contributed by atoms with E-state index in [2.05, 4.69) is 13.0 Å². The van der Waals surface area contributed by atoms with E-state index in [0.717, 1.165) is 30.6 Å². The van der Waals surface area contributed by atoms with Gasteiger partial charge in [-0.2, -0.15) is 0 Å². The Hall–Kier alpha value is -0.240. The van der Waals surface area contributed by atoms with Crippen LogP contribution in [0.3, 0.4) is 0 Å². The highest BCUT2D eigenvalue weighted by atomic mass is 32.2. The van der Waals surface area contributed by atoms with Crippen molar-refractivity contribution in [2.45, 2.75) is 39.0 Å². The molecule has 12 heavy (non-hydrogen) atoms. The Kier molecular flexibility index (Phi) is 4.44. The lowest BCUT2D eigenvalue weighted by Gasteiger charge is -1.99. The number of hydrogen-bond acceptors (Lipinski definition) is 2. The first-order chi connectivity index (χ1) is 5.84. The topological polar surface area (TPSA) is 17.1 Å². The van der Waals surface area contributed by atoms with Gasteiger partial charge in [-0.15, -0.1) is 0 Å². The molecule has 68 valence electrons. The molecule has 0 aliphatic heterocycles. The van der Waals surface area contributed by atoms with Gasteiger partial charge in [0.15, 0.2) is 0 Å². The molecule has 0 aromatic heterocycles. The average molecular weight is 184 g/mol. The van der Waals surface area contributed by atoms with Crippen LogP contribution >= 0.6 is 11.8 Å². The van der Waals surface area contributed by atoms with Crippen LogP contribution in [0.5, 0.6) is 0 Å². The molecule has 0 atom stereocenters. The molecule has 0 N–H and O–H groups in total. The zero-order valence-corrected chi connectivity index (χ0v) is 8.45. The van der Waals surface area contributed by atoms with Crippen LogP contribution in [0.25, 0.3) is 0 Å². The van der Waals surface area contributed by atoms with Crippen LogP contribution < -0.4 is 0 Å². The predicted octanol–water partition coefficient (Wildman–Crippen LogP) is 3.16. The van der Waals surface area contributed by atoms with Crippen molar-refractivity contribution < 1.29 is 4.79 Å². The van der Waals surface area contributed by atoms with E-state index in [0.29, 0.717) is 5.12 Å². The van der Waals surface area contributed by atoms with Gasteiger partial charge in [0.1, 0.15) is 0 Å². The molecule has 1 rings (SSSR count). The average Bonchev–Trinajstić information content (AvgIpc) is 2.56. The standard InChI is InChI=1S/C10H16OS/c1-2-3-8-12-10(11)9-6-4-5-7-9/h6H,2-5,7-8H2,1H3. The molecule has 0 spiro atoms. The molecule has 0 unspecified atom stereocenters. The summed E-state index contributed by atoms with van der Waals surface area (Å²) in [5.41, 5.74) is 1.07. The van der Waals surface area contributed by atoms with Crippen molar-refractivity contribution in [1.29, 1.82) is 0 Å². The smallest absolute Gasteiger partial charge is 0.215 e. The fourth-order valence-electron chi connectivity index (χ4n) is 1.26.